The monoisotopic (exact) mass is 327 g/mol. The Kier molecular flexibility index (Phi) is 7.81. The minimum atomic E-state index is -0.456. The maximum Gasteiger partial charge on any atom is 0.407 e. The average molecular weight is 328 g/mol. The van der Waals surface area contributed by atoms with Gasteiger partial charge in [0.15, 0.2) is 0 Å². The summed E-state index contributed by atoms with van der Waals surface area (Å²) in [5.41, 5.74) is -0.456. The number of hydrogen-bond donors (Lipinski definition) is 2. The second-order valence-corrected chi connectivity index (χ2v) is 8.31. The Bertz CT molecular complexity index is 356. The van der Waals surface area contributed by atoms with Crippen molar-refractivity contribution >= 4 is 6.09 Å². The van der Waals surface area contributed by atoms with Crippen LogP contribution >= 0.6 is 0 Å². The van der Waals surface area contributed by atoms with E-state index in [2.05, 4.69) is 43.2 Å². The van der Waals surface area contributed by atoms with Crippen LogP contribution in [0.1, 0.15) is 61.3 Å². The van der Waals surface area contributed by atoms with Crippen molar-refractivity contribution < 1.29 is 9.53 Å². The number of alkyl carbamates (subject to hydrolysis) is 1. The molecular weight excluding hydrogens is 290 g/mol. The number of piperidine rings is 1. The van der Waals surface area contributed by atoms with Gasteiger partial charge in [0, 0.05) is 24.7 Å². The Morgan fingerprint density at radius 1 is 1.17 bits per heavy atom. The number of ether oxygens (including phenoxy) is 1. The number of likely N-dealkylation sites (tertiary alicyclic amines) is 1. The topological polar surface area (TPSA) is 53.6 Å². The molecule has 0 spiro atoms. The van der Waals surface area contributed by atoms with Gasteiger partial charge >= 0.3 is 6.09 Å². The zero-order valence-electron chi connectivity index (χ0n) is 16.1. The van der Waals surface area contributed by atoms with E-state index >= 15 is 0 Å². The molecule has 0 aromatic rings. The van der Waals surface area contributed by atoms with Crippen molar-refractivity contribution in [3.05, 3.63) is 0 Å². The highest BCUT2D eigenvalue weighted by atomic mass is 16.6. The highest BCUT2D eigenvalue weighted by molar-refractivity contribution is 5.68. The van der Waals surface area contributed by atoms with Crippen LogP contribution in [0.25, 0.3) is 0 Å². The SMILES string of the molecule is CC(C)C(CNC1CCN(C(C)C)CC1)NC(=O)OC(C)(C)C. The summed E-state index contributed by atoms with van der Waals surface area (Å²) in [6.45, 7) is 17.5. The quantitative estimate of drug-likeness (QED) is 0.787. The van der Waals surface area contributed by atoms with Gasteiger partial charge in [-0.2, -0.15) is 0 Å². The predicted octanol–water partition coefficient (Wildman–Crippen LogP) is 3.00. The van der Waals surface area contributed by atoms with Gasteiger partial charge in [-0.1, -0.05) is 13.8 Å². The van der Waals surface area contributed by atoms with Crippen LogP contribution in [-0.2, 0) is 4.74 Å². The van der Waals surface area contributed by atoms with Gasteiger partial charge in [0.25, 0.3) is 0 Å². The van der Waals surface area contributed by atoms with E-state index < -0.39 is 5.60 Å². The van der Waals surface area contributed by atoms with Crippen LogP contribution in [0, 0.1) is 5.92 Å². The zero-order valence-corrected chi connectivity index (χ0v) is 16.1. The lowest BCUT2D eigenvalue weighted by atomic mass is 10.0. The Morgan fingerprint density at radius 3 is 2.17 bits per heavy atom. The van der Waals surface area contributed by atoms with Crippen LogP contribution in [0.3, 0.4) is 0 Å². The van der Waals surface area contributed by atoms with Gasteiger partial charge in [-0.05, 0) is 66.5 Å². The third-order valence-electron chi connectivity index (χ3n) is 4.39. The maximum atomic E-state index is 12.0. The second-order valence-electron chi connectivity index (χ2n) is 8.31. The van der Waals surface area contributed by atoms with Crippen molar-refractivity contribution in [2.45, 2.75) is 85.0 Å². The van der Waals surface area contributed by atoms with Crippen LogP contribution in [0.4, 0.5) is 4.79 Å². The van der Waals surface area contributed by atoms with E-state index in [0.29, 0.717) is 18.0 Å². The lowest BCUT2D eigenvalue weighted by molar-refractivity contribution is 0.0487. The normalized spacial score (nSPS) is 19.2. The first-order valence-electron chi connectivity index (χ1n) is 9.05. The molecule has 1 aliphatic heterocycles. The molecule has 136 valence electrons. The van der Waals surface area contributed by atoms with Crippen molar-refractivity contribution in [2.75, 3.05) is 19.6 Å². The number of carbonyl (C=O) groups excluding carboxylic acids is 1. The third-order valence-corrected chi connectivity index (χ3v) is 4.39. The summed E-state index contributed by atoms with van der Waals surface area (Å²) in [6.07, 6.45) is 2.03. The summed E-state index contributed by atoms with van der Waals surface area (Å²) < 4.78 is 5.37. The minimum Gasteiger partial charge on any atom is -0.444 e. The molecule has 1 unspecified atom stereocenters. The van der Waals surface area contributed by atoms with Crippen LogP contribution in [0.5, 0.6) is 0 Å². The van der Waals surface area contributed by atoms with E-state index in [-0.39, 0.29) is 12.1 Å². The molecule has 1 aliphatic rings. The highest BCUT2D eigenvalue weighted by Crippen LogP contribution is 2.14. The minimum absolute atomic E-state index is 0.0907. The molecule has 5 nitrogen and oxygen atoms in total. The number of hydrogen-bond acceptors (Lipinski definition) is 4. The smallest absolute Gasteiger partial charge is 0.407 e. The second kappa shape index (κ2) is 8.88. The molecule has 0 aromatic heterocycles. The van der Waals surface area contributed by atoms with Crippen molar-refractivity contribution in [3.8, 4) is 0 Å². The molecule has 5 heteroatoms. The van der Waals surface area contributed by atoms with Gasteiger partial charge in [-0.3, -0.25) is 0 Å². The van der Waals surface area contributed by atoms with Gasteiger partial charge in [0.1, 0.15) is 5.60 Å². The summed E-state index contributed by atoms with van der Waals surface area (Å²) >= 11 is 0. The molecule has 23 heavy (non-hydrogen) atoms. The maximum absolute atomic E-state index is 12.0. The third kappa shape index (κ3) is 8.02. The Morgan fingerprint density at radius 2 is 1.74 bits per heavy atom. The van der Waals surface area contributed by atoms with E-state index in [1.807, 2.05) is 20.8 Å². The lowest BCUT2D eigenvalue weighted by Crippen LogP contribution is -2.51. The predicted molar refractivity (Wildman–Crippen MR) is 95.7 cm³/mol. The highest BCUT2D eigenvalue weighted by Gasteiger charge is 2.24. The van der Waals surface area contributed by atoms with Gasteiger partial charge in [0.2, 0.25) is 0 Å². The molecule has 1 rings (SSSR count). The van der Waals surface area contributed by atoms with Crippen molar-refractivity contribution in [1.29, 1.82) is 0 Å². The van der Waals surface area contributed by atoms with Gasteiger partial charge in [0.05, 0.1) is 0 Å². The fraction of sp³-hybridized carbons (Fsp3) is 0.944. The van der Waals surface area contributed by atoms with Crippen molar-refractivity contribution in [2.24, 2.45) is 5.92 Å². The van der Waals surface area contributed by atoms with Crippen LogP contribution in [-0.4, -0.2) is 54.4 Å². The summed E-state index contributed by atoms with van der Waals surface area (Å²) in [5.74, 6) is 0.366. The first-order valence-corrected chi connectivity index (χ1v) is 9.05. The molecule has 1 saturated heterocycles. The molecular formula is C18H37N3O2. The molecule has 0 aliphatic carbocycles. The van der Waals surface area contributed by atoms with E-state index in [1.165, 1.54) is 12.8 Å². The summed E-state index contributed by atoms with van der Waals surface area (Å²) in [5, 5.41) is 6.64. The van der Waals surface area contributed by atoms with E-state index in [4.69, 9.17) is 4.74 Å². The largest absolute Gasteiger partial charge is 0.444 e. The van der Waals surface area contributed by atoms with Crippen LogP contribution in [0.15, 0.2) is 0 Å². The Hall–Kier alpha value is -0.810. The van der Waals surface area contributed by atoms with Crippen molar-refractivity contribution in [3.63, 3.8) is 0 Å². The molecule has 2 N–H and O–H groups in total. The number of rotatable bonds is 6. The fourth-order valence-electron chi connectivity index (χ4n) is 2.83. The Balaban J connectivity index is 2.38. The van der Waals surface area contributed by atoms with E-state index in [0.717, 1.165) is 19.6 Å². The summed E-state index contributed by atoms with van der Waals surface area (Å²) in [4.78, 5) is 14.5. The first kappa shape index (κ1) is 20.2. The molecule has 1 heterocycles. The average Bonchev–Trinajstić information content (AvgIpc) is 2.41. The lowest BCUT2D eigenvalue weighted by Gasteiger charge is -2.36. The Labute approximate surface area is 142 Å². The van der Waals surface area contributed by atoms with Gasteiger partial charge in [-0.15, -0.1) is 0 Å². The molecule has 0 bridgehead atoms. The molecule has 1 fully saturated rings. The standard InChI is InChI=1S/C18H37N3O2/c1-13(2)16(20-17(22)23-18(5,6)7)12-19-15-8-10-21(11-9-15)14(3)4/h13-16,19H,8-12H2,1-7H3,(H,20,22). The van der Waals surface area contributed by atoms with Gasteiger partial charge < -0.3 is 20.3 Å². The van der Waals surface area contributed by atoms with Crippen LogP contribution in [0.2, 0.25) is 0 Å². The van der Waals surface area contributed by atoms with Gasteiger partial charge in [-0.25, -0.2) is 4.79 Å². The number of amides is 1. The molecule has 1 amide bonds. The molecule has 0 saturated carbocycles. The fourth-order valence-corrected chi connectivity index (χ4v) is 2.83. The first-order chi connectivity index (χ1) is 10.6. The van der Waals surface area contributed by atoms with E-state index in [9.17, 15) is 4.79 Å². The molecule has 0 radical (unpaired) electrons. The summed E-state index contributed by atoms with van der Waals surface area (Å²) in [6, 6.07) is 1.27. The number of carbonyl (C=O) groups is 1. The van der Waals surface area contributed by atoms with E-state index in [1.54, 1.807) is 0 Å². The number of nitrogens with zero attached hydrogens (tertiary/aromatic N) is 1. The van der Waals surface area contributed by atoms with Crippen LogP contribution < -0.4 is 10.6 Å². The molecule has 1 atom stereocenters. The molecule has 0 aromatic carbocycles. The van der Waals surface area contributed by atoms with Crippen molar-refractivity contribution in [1.82, 2.24) is 15.5 Å². The zero-order chi connectivity index (χ0) is 17.6. The number of nitrogens with one attached hydrogen (secondary N) is 2. The summed E-state index contributed by atoms with van der Waals surface area (Å²) in [7, 11) is 0.